The van der Waals surface area contributed by atoms with E-state index in [1.54, 1.807) is 0 Å². The summed E-state index contributed by atoms with van der Waals surface area (Å²) in [6.45, 7) is 0. The Hall–Kier alpha value is 0.0764. The molecule has 0 amide bonds. The summed E-state index contributed by atoms with van der Waals surface area (Å²) in [6.07, 6.45) is 1.03. The molecule has 0 aliphatic carbocycles. The molecule has 0 aliphatic heterocycles. The van der Waals surface area contributed by atoms with Gasteiger partial charge < -0.3 is 0 Å². The van der Waals surface area contributed by atoms with E-state index < -0.39 is 0 Å². The average Bonchev–Trinajstić information content (AvgIpc) is 2.21. The summed E-state index contributed by atoms with van der Waals surface area (Å²) in [7, 11) is 0. The van der Waals surface area contributed by atoms with Crippen LogP contribution in [0, 0.1) is 0 Å². The molecule has 0 nitrogen and oxygen atoms in total. The zero-order valence-corrected chi connectivity index (χ0v) is 11.6. The topological polar surface area (TPSA) is 0 Å². The normalized spacial score (nSPS) is 9.14. The fraction of sp³-hybridized carbons (Fsp3) is 0.0769. The molecule has 0 aliphatic rings. The van der Waals surface area contributed by atoms with Gasteiger partial charge in [-0.2, -0.15) is 0 Å². The molecule has 65 valence electrons. The molecular formula is C13H12K. The van der Waals surface area contributed by atoms with Gasteiger partial charge in [-0.1, -0.05) is 60.7 Å². The molecule has 2 rings (SSSR count). The van der Waals surface area contributed by atoms with E-state index in [0.29, 0.717) is 0 Å². The van der Waals surface area contributed by atoms with Crippen LogP contribution in [0.5, 0.6) is 0 Å². The fourth-order valence-electron chi connectivity index (χ4n) is 1.43. The first-order chi connectivity index (χ1) is 6.45. The van der Waals surface area contributed by atoms with Crippen molar-refractivity contribution in [3.63, 3.8) is 0 Å². The Morgan fingerprint density at radius 2 is 0.929 bits per heavy atom. The minimum absolute atomic E-state index is 0. The molecule has 1 radical (unpaired) electrons. The zero-order chi connectivity index (χ0) is 8.93. The maximum Gasteiger partial charge on any atom is 0 e. The Labute approximate surface area is 128 Å². The van der Waals surface area contributed by atoms with Gasteiger partial charge in [0.05, 0.1) is 0 Å². The molecule has 0 aromatic heterocycles. The van der Waals surface area contributed by atoms with Crippen LogP contribution in [0.15, 0.2) is 60.7 Å². The smallest absolute Gasteiger partial charge is 0 e. The molecule has 2 aromatic rings. The van der Waals surface area contributed by atoms with Gasteiger partial charge >= 0.3 is 0 Å². The second-order valence-electron chi connectivity index (χ2n) is 3.15. The standard InChI is InChI=1S/C13H12.K/c1-3-7-12(8-4-1)11-13-9-5-2-6-10-13;/h1-10H,11H2;. The fourth-order valence-corrected chi connectivity index (χ4v) is 1.43. The molecule has 0 atom stereocenters. The van der Waals surface area contributed by atoms with Gasteiger partial charge in [-0.05, 0) is 17.5 Å². The van der Waals surface area contributed by atoms with E-state index >= 15 is 0 Å². The number of hydrogen-bond acceptors (Lipinski definition) is 0. The molecule has 1 heteroatoms. The third-order valence-corrected chi connectivity index (χ3v) is 2.09. The Kier molecular flexibility index (Phi) is 5.67. The van der Waals surface area contributed by atoms with E-state index in [0.717, 1.165) is 6.42 Å². The minimum atomic E-state index is 0. The van der Waals surface area contributed by atoms with Crippen LogP contribution in [0.3, 0.4) is 0 Å². The summed E-state index contributed by atoms with van der Waals surface area (Å²) in [5.74, 6) is 0. The van der Waals surface area contributed by atoms with Crippen LogP contribution in [-0.4, -0.2) is 51.4 Å². The average molecular weight is 207 g/mol. The quantitative estimate of drug-likeness (QED) is 0.664. The second-order valence-corrected chi connectivity index (χ2v) is 3.15. The van der Waals surface area contributed by atoms with Crippen LogP contribution < -0.4 is 0 Å². The van der Waals surface area contributed by atoms with Gasteiger partial charge in [0.15, 0.2) is 0 Å². The van der Waals surface area contributed by atoms with Crippen molar-refractivity contribution < 1.29 is 0 Å². The molecule has 0 spiro atoms. The number of hydrogen-bond donors (Lipinski definition) is 0. The molecule has 0 unspecified atom stereocenters. The Morgan fingerprint density at radius 3 is 1.29 bits per heavy atom. The first-order valence-corrected chi connectivity index (χ1v) is 4.53. The summed E-state index contributed by atoms with van der Waals surface area (Å²) in [6, 6.07) is 21.1. The predicted octanol–water partition coefficient (Wildman–Crippen LogP) is 2.90. The maximum atomic E-state index is 2.16. The van der Waals surface area contributed by atoms with Crippen molar-refractivity contribution in [1.82, 2.24) is 0 Å². The van der Waals surface area contributed by atoms with Gasteiger partial charge in [-0.25, -0.2) is 0 Å². The second kappa shape index (κ2) is 6.54. The Balaban J connectivity index is 0.000000980. The van der Waals surface area contributed by atoms with Gasteiger partial charge in [-0.3, -0.25) is 0 Å². The zero-order valence-electron chi connectivity index (χ0n) is 8.48. The van der Waals surface area contributed by atoms with Crippen LogP contribution in [0.1, 0.15) is 11.1 Å². The van der Waals surface area contributed by atoms with E-state index in [4.69, 9.17) is 0 Å². The van der Waals surface area contributed by atoms with Crippen LogP contribution in [0.4, 0.5) is 0 Å². The monoisotopic (exact) mass is 207 g/mol. The Bertz CT molecular complexity index is 316. The summed E-state index contributed by atoms with van der Waals surface area (Å²) in [5.41, 5.74) is 2.74. The minimum Gasteiger partial charge on any atom is -0.0622 e. The summed E-state index contributed by atoms with van der Waals surface area (Å²) < 4.78 is 0. The van der Waals surface area contributed by atoms with Gasteiger partial charge in [0.2, 0.25) is 0 Å². The molecular weight excluding hydrogens is 195 g/mol. The molecule has 0 bridgehead atoms. The van der Waals surface area contributed by atoms with Crippen LogP contribution in [0.2, 0.25) is 0 Å². The summed E-state index contributed by atoms with van der Waals surface area (Å²) >= 11 is 0. The molecule has 14 heavy (non-hydrogen) atoms. The van der Waals surface area contributed by atoms with Crippen molar-refractivity contribution in [3.05, 3.63) is 71.8 Å². The van der Waals surface area contributed by atoms with E-state index in [2.05, 4.69) is 60.7 Å². The number of rotatable bonds is 2. The largest absolute Gasteiger partial charge is 0.0622 e. The number of benzene rings is 2. The van der Waals surface area contributed by atoms with Crippen molar-refractivity contribution in [3.8, 4) is 0 Å². The van der Waals surface area contributed by atoms with E-state index in [1.165, 1.54) is 11.1 Å². The first kappa shape index (κ1) is 12.1. The summed E-state index contributed by atoms with van der Waals surface area (Å²) in [5, 5.41) is 0. The first-order valence-electron chi connectivity index (χ1n) is 4.53. The maximum absolute atomic E-state index is 2.16. The molecule has 0 N–H and O–H groups in total. The summed E-state index contributed by atoms with van der Waals surface area (Å²) in [4.78, 5) is 0. The van der Waals surface area contributed by atoms with Gasteiger partial charge in [0.25, 0.3) is 0 Å². The molecule has 0 heterocycles. The van der Waals surface area contributed by atoms with Crippen LogP contribution >= 0.6 is 0 Å². The van der Waals surface area contributed by atoms with Gasteiger partial charge in [-0.15, -0.1) is 0 Å². The molecule has 2 aromatic carbocycles. The van der Waals surface area contributed by atoms with Crippen molar-refractivity contribution in [2.24, 2.45) is 0 Å². The molecule has 0 saturated heterocycles. The van der Waals surface area contributed by atoms with Gasteiger partial charge in [0.1, 0.15) is 0 Å². The van der Waals surface area contributed by atoms with E-state index in [1.807, 2.05) is 0 Å². The van der Waals surface area contributed by atoms with Gasteiger partial charge in [0, 0.05) is 51.4 Å². The predicted molar refractivity (Wildman–Crippen MR) is 61.4 cm³/mol. The SMILES string of the molecule is [K].c1ccc(Cc2ccccc2)cc1. The van der Waals surface area contributed by atoms with Crippen molar-refractivity contribution >= 4 is 51.4 Å². The van der Waals surface area contributed by atoms with E-state index in [9.17, 15) is 0 Å². The Morgan fingerprint density at radius 1 is 0.571 bits per heavy atom. The van der Waals surface area contributed by atoms with E-state index in [-0.39, 0.29) is 51.4 Å². The third-order valence-electron chi connectivity index (χ3n) is 2.09. The third kappa shape index (κ3) is 3.68. The molecule has 0 fully saturated rings. The van der Waals surface area contributed by atoms with Crippen LogP contribution in [-0.2, 0) is 6.42 Å². The molecule has 0 saturated carbocycles. The van der Waals surface area contributed by atoms with Crippen LogP contribution in [0.25, 0.3) is 0 Å². The van der Waals surface area contributed by atoms with Crippen molar-refractivity contribution in [1.29, 1.82) is 0 Å². The van der Waals surface area contributed by atoms with Crippen molar-refractivity contribution in [2.75, 3.05) is 0 Å². The van der Waals surface area contributed by atoms with Crippen molar-refractivity contribution in [2.45, 2.75) is 6.42 Å².